The van der Waals surface area contributed by atoms with Crippen molar-refractivity contribution < 1.29 is 13.6 Å². The summed E-state index contributed by atoms with van der Waals surface area (Å²) in [6, 6.07) is 18.3. The third-order valence-corrected chi connectivity index (χ3v) is 3.82. The molecule has 4 rings (SSSR count). The molecule has 2 heterocycles. The maximum Gasteiger partial charge on any atom is 0.291 e. The number of anilines is 1. The van der Waals surface area contributed by atoms with Gasteiger partial charge in [0.2, 0.25) is 11.8 Å². The summed E-state index contributed by atoms with van der Waals surface area (Å²) < 4.78 is 10.8. The van der Waals surface area contributed by atoms with Crippen molar-refractivity contribution in [2.24, 2.45) is 0 Å². The molecule has 1 N–H and O–H groups in total. The monoisotopic (exact) mass is 345 g/mol. The van der Waals surface area contributed by atoms with Crippen LogP contribution in [0.4, 0.5) is 5.69 Å². The minimum atomic E-state index is -0.303. The largest absolute Gasteiger partial charge is 0.459 e. The lowest BCUT2D eigenvalue weighted by Crippen LogP contribution is -2.10. The van der Waals surface area contributed by atoms with Gasteiger partial charge in [0.25, 0.3) is 5.91 Å². The average Bonchev–Trinajstić information content (AvgIpc) is 3.35. The Morgan fingerprint density at radius 3 is 2.38 bits per heavy atom. The molecule has 0 fully saturated rings. The van der Waals surface area contributed by atoms with Crippen LogP contribution in [0.15, 0.2) is 75.8 Å². The van der Waals surface area contributed by atoms with Gasteiger partial charge in [0.1, 0.15) is 0 Å². The molecule has 26 heavy (non-hydrogen) atoms. The van der Waals surface area contributed by atoms with Crippen LogP contribution in [0.1, 0.15) is 16.1 Å². The number of amides is 1. The fourth-order valence-electron chi connectivity index (χ4n) is 2.53. The van der Waals surface area contributed by atoms with Crippen LogP contribution in [-0.4, -0.2) is 16.1 Å². The van der Waals surface area contributed by atoms with Gasteiger partial charge < -0.3 is 14.2 Å². The van der Waals surface area contributed by atoms with E-state index in [-0.39, 0.29) is 11.7 Å². The summed E-state index contributed by atoms with van der Waals surface area (Å²) >= 11 is 0. The van der Waals surface area contributed by atoms with Crippen LogP contribution in [0.25, 0.3) is 22.9 Å². The second kappa shape index (κ2) is 6.68. The minimum Gasteiger partial charge on any atom is -0.459 e. The molecule has 0 aliphatic carbocycles. The summed E-state index contributed by atoms with van der Waals surface area (Å²) in [5, 5.41) is 11.0. The van der Waals surface area contributed by atoms with E-state index in [1.165, 1.54) is 6.26 Å². The van der Waals surface area contributed by atoms with E-state index in [0.29, 0.717) is 17.5 Å². The number of hydrogen-bond donors (Lipinski definition) is 1. The molecule has 0 radical (unpaired) electrons. The number of hydrogen-bond acceptors (Lipinski definition) is 5. The summed E-state index contributed by atoms with van der Waals surface area (Å²) in [5.74, 6) is 0.848. The Morgan fingerprint density at radius 2 is 1.69 bits per heavy atom. The number of aryl methyl sites for hydroxylation is 1. The zero-order valence-corrected chi connectivity index (χ0v) is 14.0. The molecule has 0 bridgehead atoms. The van der Waals surface area contributed by atoms with E-state index in [1.807, 2.05) is 43.3 Å². The summed E-state index contributed by atoms with van der Waals surface area (Å²) in [6.07, 6.45) is 1.46. The Hall–Kier alpha value is -3.67. The van der Waals surface area contributed by atoms with E-state index in [1.54, 1.807) is 24.3 Å². The smallest absolute Gasteiger partial charge is 0.291 e. The normalized spacial score (nSPS) is 10.7. The Bertz CT molecular complexity index is 1030. The lowest BCUT2D eigenvalue weighted by atomic mass is 10.1. The number of aromatic nitrogens is 2. The Labute approximate surface area is 149 Å². The van der Waals surface area contributed by atoms with Gasteiger partial charge >= 0.3 is 0 Å². The van der Waals surface area contributed by atoms with E-state index in [2.05, 4.69) is 15.5 Å². The third kappa shape index (κ3) is 3.25. The molecule has 0 saturated carbocycles. The summed E-state index contributed by atoms with van der Waals surface area (Å²) in [5.41, 5.74) is 3.42. The summed E-state index contributed by atoms with van der Waals surface area (Å²) in [7, 11) is 0. The first-order chi connectivity index (χ1) is 12.7. The van der Waals surface area contributed by atoms with Crippen molar-refractivity contribution in [3.63, 3.8) is 0 Å². The summed E-state index contributed by atoms with van der Waals surface area (Å²) in [6.45, 7) is 2.01. The molecule has 2 aromatic carbocycles. The molecule has 0 aliphatic heterocycles. The van der Waals surface area contributed by atoms with E-state index in [4.69, 9.17) is 8.83 Å². The van der Waals surface area contributed by atoms with Crippen LogP contribution in [-0.2, 0) is 0 Å². The van der Waals surface area contributed by atoms with E-state index in [9.17, 15) is 4.79 Å². The van der Waals surface area contributed by atoms with Crippen LogP contribution in [0.3, 0.4) is 0 Å². The molecule has 6 nitrogen and oxygen atoms in total. The number of carbonyl (C=O) groups excluding carboxylic acids is 1. The van der Waals surface area contributed by atoms with Crippen molar-refractivity contribution in [3.8, 4) is 22.9 Å². The first kappa shape index (κ1) is 15.8. The number of rotatable bonds is 4. The molecular weight excluding hydrogens is 330 g/mol. The Balaban J connectivity index is 1.51. The molecule has 0 unspecified atom stereocenters. The molecule has 0 saturated heterocycles. The fourth-order valence-corrected chi connectivity index (χ4v) is 2.53. The topological polar surface area (TPSA) is 81.2 Å². The van der Waals surface area contributed by atoms with Crippen molar-refractivity contribution in [3.05, 3.63) is 78.3 Å². The van der Waals surface area contributed by atoms with E-state index >= 15 is 0 Å². The van der Waals surface area contributed by atoms with Crippen molar-refractivity contribution in [1.29, 1.82) is 0 Å². The van der Waals surface area contributed by atoms with Crippen molar-refractivity contribution in [1.82, 2.24) is 10.2 Å². The first-order valence-electron chi connectivity index (χ1n) is 8.05. The SMILES string of the molecule is Cc1cccc(-c2nnc(-c3ccc(NC(=O)c4ccco4)cc3)o2)c1. The number of nitrogens with one attached hydrogen (secondary N) is 1. The van der Waals surface area contributed by atoms with Gasteiger partial charge in [-0.15, -0.1) is 10.2 Å². The second-order valence-electron chi connectivity index (χ2n) is 5.79. The Kier molecular flexibility index (Phi) is 4.07. The highest BCUT2D eigenvalue weighted by atomic mass is 16.4. The van der Waals surface area contributed by atoms with Crippen LogP contribution in [0.2, 0.25) is 0 Å². The fraction of sp³-hybridized carbons (Fsp3) is 0.0500. The predicted molar refractivity (Wildman–Crippen MR) is 96.6 cm³/mol. The minimum absolute atomic E-state index is 0.258. The molecule has 4 aromatic rings. The van der Waals surface area contributed by atoms with E-state index in [0.717, 1.165) is 16.7 Å². The van der Waals surface area contributed by atoms with Gasteiger partial charge in [-0.1, -0.05) is 17.7 Å². The predicted octanol–water partition coefficient (Wildman–Crippen LogP) is 4.56. The van der Waals surface area contributed by atoms with Crippen molar-refractivity contribution >= 4 is 11.6 Å². The standard InChI is InChI=1S/C20H15N3O3/c1-13-4-2-5-15(12-13)20-23-22-19(26-20)14-7-9-16(10-8-14)21-18(24)17-6-3-11-25-17/h2-12H,1H3,(H,21,24). The molecule has 0 spiro atoms. The quantitative estimate of drug-likeness (QED) is 0.586. The van der Waals surface area contributed by atoms with Gasteiger partial charge in [-0.05, 0) is 55.5 Å². The number of furan rings is 1. The lowest BCUT2D eigenvalue weighted by Gasteiger charge is -2.03. The van der Waals surface area contributed by atoms with Gasteiger partial charge in [-0.3, -0.25) is 4.79 Å². The second-order valence-corrected chi connectivity index (χ2v) is 5.79. The van der Waals surface area contributed by atoms with Gasteiger partial charge in [0, 0.05) is 16.8 Å². The molecule has 2 aromatic heterocycles. The highest BCUT2D eigenvalue weighted by Crippen LogP contribution is 2.25. The van der Waals surface area contributed by atoms with Crippen LogP contribution in [0.5, 0.6) is 0 Å². The summed E-state index contributed by atoms with van der Waals surface area (Å²) in [4.78, 5) is 12.0. The Morgan fingerprint density at radius 1 is 0.923 bits per heavy atom. The van der Waals surface area contributed by atoms with Crippen LogP contribution in [0, 0.1) is 6.92 Å². The first-order valence-corrected chi connectivity index (χ1v) is 8.05. The van der Waals surface area contributed by atoms with Gasteiger partial charge in [-0.25, -0.2) is 0 Å². The zero-order valence-electron chi connectivity index (χ0n) is 14.0. The number of benzene rings is 2. The molecular formula is C20H15N3O3. The zero-order chi connectivity index (χ0) is 17.9. The molecule has 0 atom stereocenters. The van der Waals surface area contributed by atoms with Gasteiger partial charge in [0.05, 0.1) is 6.26 Å². The highest BCUT2D eigenvalue weighted by molar-refractivity contribution is 6.02. The molecule has 128 valence electrons. The lowest BCUT2D eigenvalue weighted by molar-refractivity contribution is 0.0996. The molecule has 6 heteroatoms. The van der Waals surface area contributed by atoms with Crippen molar-refractivity contribution in [2.75, 3.05) is 5.32 Å². The molecule has 1 amide bonds. The third-order valence-electron chi connectivity index (χ3n) is 3.82. The van der Waals surface area contributed by atoms with Crippen LogP contribution >= 0.6 is 0 Å². The van der Waals surface area contributed by atoms with Gasteiger partial charge in [-0.2, -0.15) is 0 Å². The van der Waals surface area contributed by atoms with Crippen molar-refractivity contribution in [2.45, 2.75) is 6.92 Å². The van der Waals surface area contributed by atoms with E-state index < -0.39 is 0 Å². The average molecular weight is 345 g/mol. The number of nitrogens with zero attached hydrogens (tertiary/aromatic N) is 2. The highest BCUT2D eigenvalue weighted by Gasteiger charge is 2.12. The van der Waals surface area contributed by atoms with Gasteiger partial charge in [0.15, 0.2) is 5.76 Å². The van der Waals surface area contributed by atoms with Crippen LogP contribution < -0.4 is 5.32 Å². The maximum atomic E-state index is 12.0. The maximum absolute atomic E-state index is 12.0. The number of carbonyl (C=O) groups is 1. The molecule has 0 aliphatic rings.